The van der Waals surface area contributed by atoms with Gasteiger partial charge in [0, 0.05) is 10.8 Å². The van der Waals surface area contributed by atoms with Crippen LogP contribution in [0.5, 0.6) is 0 Å². The van der Waals surface area contributed by atoms with Crippen molar-refractivity contribution in [3.05, 3.63) is 22.2 Å². The van der Waals surface area contributed by atoms with Gasteiger partial charge in [0.05, 0.1) is 22.8 Å². The lowest BCUT2D eigenvalue weighted by Crippen LogP contribution is -2.68. The largest absolute Gasteiger partial charge is 0.481 e. The van der Waals surface area contributed by atoms with Gasteiger partial charge in [0.1, 0.15) is 6.17 Å². The molecule has 0 aromatic carbocycles. The lowest BCUT2D eigenvalue weighted by atomic mass is 9.44. The van der Waals surface area contributed by atoms with Crippen molar-refractivity contribution in [3.8, 4) is 0 Å². The van der Waals surface area contributed by atoms with Crippen LogP contribution in [-0.2, 0) is 9.59 Å². The highest BCUT2D eigenvalue weighted by Gasteiger charge is 2.74. The number of rotatable bonds is 6. The molecule has 4 aliphatic carbocycles. The molecular weight excluding hydrogens is 566 g/mol. The van der Waals surface area contributed by atoms with Crippen molar-refractivity contribution in [2.24, 2.45) is 28.1 Å². The maximum absolute atomic E-state index is 15.7. The van der Waals surface area contributed by atoms with Crippen molar-refractivity contribution in [1.82, 2.24) is 0 Å². The molecular formula is C25H32BrCl2FO6. The van der Waals surface area contributed by atoms with Crippen molar-refractivity contribution in [3.63, 3.8) is 0 Å². The summed E-state index contributed by atoms with van der Waals surface area (Å²) in [6.07, 6.45) is 0.286. The van der Waals surface area contributed by atoms with Crippen LogP contribution in [0, 0.1) is 28.1 Å². The lowest BCUT2D eigenvalue weighted by molar-refractivity contribution is -0.173. The van der Waals surface area contributed by atoms with Gasteiger partial charge in [0.2, 0.25) is 0 Å². The van der Waals surface area contributed by atoms with Gasteiger partial charge in [0.25, 0.3) is 0 Å². The van der Waals surface area contributed by atoms with Crippen LogP contribution in [0.25, 0.3) is 0 Å². The number of fused-ring (bicyclic) bond motifs is 5. The molecule has 4 rings (SSSR count). The van der Waals surface area contributed by atoms with E-state index in [-0.39, 0.29) is 31.6 Å². The van der Waals surface area contributed by atoms with E-state index >= 15 is 4.39 Å². The molecule has 0 aliphatic heterocycles. The van der Waals surface area contributed by atoms with E-state index in [9.17, 15) is 30.0 Å². The van der Waals surface area contributed by atoms with Crippen molar-refractivity contribution >= 4 is 51.1 Å². The third-order valence-electron chi connectivity index (χ3n) is 9.87. The Morgan fingerprint density at radius 2 is 1.91 bits per heavy atom. The fourth-order valence-corrected chi connectivity index (χ4v) is 10.1. The van der Waals surface area contributed by atoms with E-state index in [1.54, 1.807) is 0 Å². The number of allylic oxidation sites excluding steroid dienone is 4. The molecule has 0 bridgehead atoms. The predicted octanol–water partition coefficient (Wildman–Crippen LogP) is 5.02. The summed E-state index contributed by atoms with van der Waals surface area (Å²) >= 11 is 18.2. The SMILES string of the molecule is C[C@]12C=C(Br)CC=C1[C@H](F)C[C@H]1[C@@H]3CC[C@@](CC(O)CC(=O)O)(C(O)C(=O)O)[C@@]3(C)C[C@H](Cl)[C@@]12Cl. The van der Waals surface area contributed by atoms with Gasteiger partial charge in [0.15, 0.2) is 6.10 Å². The van der Waals surface area contributed by atoms with Gasteiger partial charge in [-0.05, 0) is 65.8 Å². The van der Waals surface area contributed by atoms with Crippen LogP contribution in [0.1, 0.15) is 58.8 Å². The molecule has 2 unspecified atom stereocenters. The van der Waals surface area contributed by atoms with Crippen LogP contribution in [-0.4, -0.2) is 61.0 Å². The number of hydrogen-bond acceptors (Lipinski definition) is 4. The van der Waals surface area contributed by atoms with Crippen LogP contribution in [0.2, 0.25) is 0 Å². The van der Waals surface area contributed by atoms with E-state index in [4.69, 9.17) is 23.2 Å². The highest BCUT2D eigenvalue weighted by molar-refractivity contribution is 9.11. The van der Waals surface area contributed by atoms with E-state index in [2.05, 4.69) is 15.9 Å². The minimum absolute atomic E-state index is 0.136. The van der Waals surface area contributed by atoms with Crippen LogP contribution in [0.15, 0.2) is 22.2 Å². The molecule has 35 heavy (non-hydrogen) atoms. The van der Waals surface area contributed by atoms with Gasteiger partial charge < -0.3 is 20.4 Å². The first kappa shape index (κ1) is 27.4. The summed E-state index contributed by atoms with van der Waals surface area (Å²) in [6, 6.07) is 0. The van der Waals surface area contributed by atoms with E-state index in [1.165, 1.54) is 0 Å². The Morgan fingerprint density at radius 3 is 2.51 bits per heavy atom. The van der Waals surface area contributed by atoms with Gasteiger partial charge in [-0.2, -0.15) is 0 Å². The average Bonchev–Trinajstić information content (AvgIpc) is 3.01. The zero-order valence-electron chi connectivity index (χ0n) is 19.7. The third kappa shape index (κ3) is 3.76. The molecule has 3 fully saturated rings. The predicted molar refractivity (Wildman–Crippen MR) is 133 cm³/mol. The summed E-state index contributed by atoms with van der Waals surface area (Å²) < 4.78 is 16.6. The monoisotopic (exact) mass is 596 g/mol. The first-order chi connectivity index (χ1) is 16.1. The summed E-state index contributed by atoms with van der Waals surface area (Å²) in [5.41, 5.74) is -2.49. The maximum atomic E-state index is 15.7. The van der Waals surface area contributed by atoms with Gasteiger partial charge in [-0.1, -0.05) is 41.9 Å². The lowest BCUT2D eigenvalue weighted by Gasteiger charge is -2.65. The average molecular weight is 598 g/mol. The van der Waals surface area contributed by atoms with E-state index in [1.807, 2.05) is 26.0 Å². The topological polar surface area (TPSA) is 115 Å². The number of halogens is 4. The number of aliphatic carboxylic acids is 2. The van der Waals surface area contributed by atoms with Crippen molar-refractivity contribution in [1.29, 1.82) is 0 Å². The smallest absolute Gasteiger partial charge is 0.333 e. The maximum Gasteiger partial charge on any atom is 0.333 e. The minimum Gasteiger partial charge on any atom is -0.481 e. The first-order valence-electron chi connectivity index (χ1n) is 12.0. The third-order valence-corrected chi connectivity index (χ3v) is 12.0. The zero-order chi connectivity index (χ0) is 26.1. The van der Waals surface area contributed by atoms with Crippen molar-refractivity contribution < 1.29 is 34.4 Å². The summed E-state index contributed by atoms with van der Waals surface area (Å²) in [5.74, 6) is -3.35. The second-order valence-corrected chi connectivity index (χ2v) is 13.5. The number of aliphatic hydroxyl groups excluding tert-OH is 2. The van der Waals surface area contributed by atoms with Crippen LogP contribution >= 0.6 is 39.1 Å². The molecule has 10 atom stereocenters. The highest BCUT2D eigenvalue weighted by Crippen LogP contribution is 2.75. The number of aliphatic hydroxyl groups is 2. The first-order valence-corrected chi connectivity index (χ1v) is 13.6. The quantitative estimate of drug-likeness (QED) is 0.252. The highest BCUT2D eigenvalue weighted by atomic mass is 79.9. The molecule has 0 aromatic heterocycles. The number of carbonyl (C=O) groups is 2. The van der Waals surface area contributed by atoms with Crippen LogP contribution in [0.3, 0.4) is 0 Å². The normalized spacial score (nSPS) is 46.4. The van der Waals surface area contributed by atoms with Gasteiger partial charge in [-0.15, -0.1) is 23.2 Å². The minimum atomic E-state index is -1.84. The van der Waals surface area contributed by atoms with E-state index in [0.717, 1.165) is 4.48 Å². The Kier molecular flexibility index (Phi) is 7.01. The fraction of sp³-hybridized carbons (Fsp3) is 0.760. The Balaban J connectivity index is 1.82. The number of hydrogen-bond donors (Lipinski definition) is 4. The Hall–Kier alpha value is -0.670. The summed E-state index contributed by atoms with van der Waals surface area (Å²) in [4.78, 5) is 22.3. The zero-order valence-corrected chi connectivity index (χ0v) is 22.8. The molecule has 0 spiro atoms. The number of carboxylic acid groups (broad SMARTS) is 2. The van der Waals surface area contributed by atoms with E-state index < -0.39 is 69.2 Å². The van der Waals surface area contributed by atoms with Gasteiger partial charge in [-0.3, -0.25) is 4.79 Å². The van der Waals surface area contributed by atoms with E-state index in [0.29, 0.717) is 18.4 Å². The summed E-state index contributed by atoms with van der Waals surface area (Å²) in [5, 5.41) is 39.9. The molecule has 3 saturated carbocycles. The molecule has 0 amide bonds. The second-order valence-electron chi connectivity index (χ2n) is 11.3. The Bertz CT molecular complexity index is 991. The van der Waals surface area contributed by atoms with Crippen LogP contribution in [0.4, 0.5) is 4.39 Å². The Morgan fingerprint density at radius 1 is 1.26 bits per heavy atom. The van der Waals surface area contributed by atoms with Crippen LogP contribution < -0.4 is 0 Å². The molecule has 4 aliphatic rings. The van der Waals surface area contributed by atoms with Gasteiger partial charge in [-0.25, -0.2) is 9.18 Å². The molecule has 0 aromatic rings. The molecule has 196 valence electrons. The van der Waals surface area contributed by atoms with Gasteiger partial charge >= 0.3 is 11.9 Å². The second kappa shape index (κ2) is 8.97. The molecule has 4 N–H and O–H groups in total. The molecule has 0 heterocycles. The standard InChI is InChI=1S/C25H32BrCl2FO6/c1-22-11-18(27)25(28)16(8-17(29)15-4-3-12(26)9-23(15,25)2)14(22)5-6-24(22,20(33)21(34)35)10-13(30)7-19(31)32/h4,9,13-14,16-18,20,30,33H,3,5-8,10-11H2,1-2H3,(H,31,32)(H,34,35)/t13?,14-,16-,17+,18-,20?,22-,23-,24+,25-/m0/s1. The fourth-order valence-electron chi connectivity index (χ4n) is 8.31. The summed E-state index contributed by atoms with van der Waals surface area (Å²) in [6.45, 7) is 3.76. The Labute approximate surface area is 222 Å². The van der Waals surface area contributed by atoms with Crippen molar-refractivity contribution in [2.75, 3.05) is 0 Å². The van der Waals surface area contributed by atoms with Crippen molar-refractivity contribution in [2.45, 2.75) is 87.4 Å². The molecule has 0 saturated heterocycles. The molecule has 0 radical (unpaired) electrons. The molecule has 10 heteroatoms. The summed E-state index contributed by atoms with van der Waals surface area (Å²) in [7, 11) is 0. The molecule has 6 nitrogen and oxygen atoms in total. The number of carboxylic acids is 2. The number of alkyl halides is 3.